The van der Waals surface area contributed by atoms with E-state index in [4.69, 9.17) is 0 Å². The van der Waals surface area contributed by atoms with Crippen LogP contribution in [-0.2, 0) is 0 Å². The summed E-state index contributed by atoms with van der Waals surface area (Å²) in [6.07, 6.45) is 11.1. The van der Waals surface area contributed by atoms with Crippen molar-refractivity contribution in [3.63, 3.8) is 0 Å². The number of carbonyl (C=O) groups is 1. The van der Waals surface area contributed by atoms with Crippen LogP contribution in [0.1, 0.15) is 43.1 Å². The zero-order valence-corrected chi connectivity index (χ0v) is 12.1. The van der Waals surface area contributed by atoms with Crippen LogP contribution in [0.5, 0.6) is 0 Å². The highest BCUT2D eigenvalue weighted by molar-refractivity contribution is 5.92. The van der Waals surface area contributed by atoms with Crippen molar-refractivity contribution in [3.8, 4) is 5.95 Å². The summed E-state index contributed by atoms with van der Waals surface area (Å²) < 4.78 is 1.68. The molecular weight excluding hydrogens is 266 g/mol. The Kier molecular flexibility index (Phi) is 3.94. The number of imidazole rings is 1. The first-order valence-electron chi connectivity index (χ1n) is 7.34. The standard InChI is InChI=1S/C15H19N5O/c1-11-2-4-12(5-3-11)18-14(21)13-6-7-17-15(19-13)20-9-8-16-10-20/h6-12H,2-5H2,1H3,(H,18,21). The highest BCUT2D eigenvalue weighted by Gasteiger charge is 2.21. The molecule has 0 unspecified atom stereocenters. The molecule has 2 heterocycles. The van der Waals surface area contributed by atoms with Crippen LogP contribution >= 0.6 is 0 Å². The topological polar surface area (TPSA) is 72.7 Å². The Morgan fingerprint density at radius 2 is 2.10 bits per heavy atom. The zero-order chi connectivity index (χ0) is 14.7. The summed E-state index contributed by atoms with van der Waals surface area (Å²) >= 11 is 0. The predicted octanol–water partition coefficient (Wildman–Crippen LogP) is 1.97. The molecule has 0 bridgehead atoms. The van der Waals surface area contributed by atoms with Crippen LogP contribution in [0.2, 0.25) is 0 Å². The van der Waals surface area contributed by atoms with E-state index in [1.165, 1.54) is 12.8 Å². The molecule has 21 heavy (non-hydrogen) atoms. The molecule has 2 aromatic rings. The summed E-state index contributed by atoms with van der Waals surface area (Å²) in [6.45, 7) is 2.26. The number of carbonyl (C=O) groups excluding carboxylic acids is 1. The zero-order valence-electron chi connectivity index (χ0n) is 12.1. The summed E-state index contributed by atoms with van der Waals surface area (Å²) in [4.78, 5) is 24.7. The summed E-state index contributed by atoms with van der Waals surface area (Å²) in [5.74, 6) is 1.10. The number of aromatic nitrogens is 4. The fraction of sp³-hybridized carbons (Fsp3) is 0.467. The number of amides is 1. The minimum absolute atomic E-state index is 0.127. The molecule has 0 saturated heterocycles. The Morgan fingerprint density at radius 3 is 2.81 bits per heavy atom. The van der Waals surface area contributed by atoms with Gasteiger partial charge in [-0.3, -0.25) is 9.36 Å². The van der Waals surface area contributed by atoms with Crippen LogP contribution in [0.25, 0.3) is 5.95 Å². The average Bonchev–Trinajstić information content (AvgIpc) is 3.04. The van der Waals surface area contributed by atoms with Crippen molar-refractivity contribution in [2.24, 2.45) is 5.92 Å². The minimum atomic E-state index is -0.127. The third-order valence-electron chi connectivity index (χ3n) is 3.96. The SMILES string of the molecule is CC1CCC(NC(=O)c2ccnc(-n3ccnc3)n2)CC1. The van der Waals surface area contributed by atoms with Gasteiger partial charge in [0.1, 0.15) is 12.0 Å². The van der Waals surface area contributed by atoms with Gasteiger partial charge in [-0.15, -0.1) is 0 Å². The summed E-state index contributed by atoms with van der Waals surface area (Å²) in [7, 11) is 0. The quantitative estimate of drug-likeness (QED) is 0.935. The van der Waals surface area contributed by atoms with E-state index in [1.54, 1.807) is 35.6 Å². The first-order chi connectivity index (χ1) is 10.2. The second-order valence-corrected chi connectivity index (χ2v) is 5.64. The second kappa shape index (κ2) is 6.03. The van der Waals surface area contributed by atoms with E-state index >= 15 is 0 Å². The van der Waals surface area contributed by atoms with Crippen LogP contribution in [-0.4, -0.2) is 31.5 Å². The normalized spacial score (nSPS) is 22.0. The van der Waals surface area contributed by atoms with E-state index in [9.17, 15) is 4.79 Å². The average molecular weight is 285 g/mol. The van der Waals surface area contributed by atoms with Gasteiger partial charge in [0.15, 0.2) is 0 Å². The molecule has 0 spiro atoms. The van der Waals surface area contributed by atoms with E-state index in [1.807, 2.05) is 0 Å². The van der Waals surface area contributed by atoms with E-state index in [2.05, 4.69) is 27.2 Å². The first kappa shape index (κ1) is 13.7. The molecule has 1 aliphatic carbocycles. The third-order valence-corrected chi connectivity index (χ3v) is 3.96. The van der Waals surface area contributed by atoms with Gasteiger partial charge in [-0.2, -0.15) is 0 Å². The van der Waals surface area contributed by atoms with Crippen molar-refractivity contribution in [2.75, 3.05) is 0 Å². The molecule has 6 nitrogen and oxygen atoms in total. The maximum atomic E-state index is 12.3. The molecule has 1 amide bonds. The summed E-state index contributed by atoms with van der Waals surface area (Å²) in [5, 5.41) is 3.07. The van der Waals surface area contributed by atoms with Crippen molar-refractivity contribution in [3.05, 3.63) is 36.7 Å². The van der Waals surface area contributed by atoms with Crippen molar-refractivity contribution in [2.45, 2.75) is 38.6 Å². The van der Waals surface area contributed by atoms with Crippen molar-refractivity contribution in [1.29, 1.82) is 0 Å². The highest BCUT2D eigenvalue weighted by atomic mass is 16.1. The van der Waals surface area contributed by atoms with Gasteiger partial charge < -0.3 is 5.32 Å². The fourth-order valence-corrected chi connectivity index (χ4v) is 2.64. The number of rotatable bonds is 3. The molecule has 0 aromatic carbocycles. The molecule has 1 N–H and O–H groups in total. The lowest BCUT2D eigenvalue weighted by molar-refractivity contribution is 0.0917. The molecule has 3 rings (SSSR count). The minimum Gasteiger partial charge on any atom is -0.348 e. The number of nitrogens with zero attached hydrogens (tertiary/aromatic N) is 4. The Labute approximate surface area is 123 Å². The maximum Gasteiger partial charge on any atom is 0.270 e. The third kappa shape index (κ3) is 3.26. The molecular formula is C15H19N5O. The van der Waals surface area contributed by atoms with Gasteiger partial charge in [0.05, 0.1) is 0 Å². The smallest absolute Gasteiger partial charge is 0.270 e. The van der Waals surface area contributed by atoms with Crippen molar-refractivity contribution < 1.29 is 4.79 Å². The van der Waals surface area contributed by atoms with Crippen molar-refractivity contribution >= 4 is 5.91 Å². The molecule has 1 aliphatic rings. The lowest BCUT2D eigenvalue weighted by atomic mass is 9.87. The molecule has 0 aliphatic heterocycles. The van der Waals surface area contributed by atoms with Crippen molar-refractivity contribution in [1.82, 2.24) is 24.8 Å². The number of hydrogen-bond donors (Lipinski definition) is 1. The summed E-state index contributed by atoms with van der Waals surface area (Å²) in [6, 6.07) is 1.90. The fourth-order valence-electron chi connectivity index (χ4n) is 2.64. The Bertz CT molecular complexity index is 602. The molecule has 1 saturated carbocycles. The molecule has 110 valence electrons. The Morgan fingerprint density at radius 1 is 1.29 bits per heavy atom. The monoisotopic (exact) mass is 285 g/mol. The predicted molar refractivity (Wildman–Crippen MR) is 78.0 cm³/mol. The van der Waals surface area contributed by atoms with Gasteiger partial charge in [-0.1, -0.05) is 6.92 Å². The molecule has 1 fully saturated rings. The first-order valence-corrected chi connectivity index (χ1v) is 7.34. The largest absolute Gasteiger partial charge is 0.348 e. The molecule has 0 radical (unpaired) electrons. The molecule has 0 atom stereocenters. The Hall–Kier alpha value is -2.24. The van der Waals surface area contributed by atoms with Gasteiger partial charge in [-0.25, -0.2) is 15.0 Å². The van der Waals surface area contributed by atoms with Gasteiger partial charge >= 0.3 is 0 Å². The lowest BCUT2D eigenvalue weighted by Gasteiger charge is -2.26. The van der Waals surface area contributed by atoms with E-state index in [0.717, 1.165) is 18.8 Å². The number of hydrogen-bond acceptors (Lipinski definition) is 4. The van der Waals surface area contributed by atoms with Crippen LogP contribution in [0, 0.1) is 5.92 Å². The lowest BCUT2D eigenvalue weighted by Crippen LogP contribution is -2.37. The van der Waals surface area contributed by atoms with Crippen LogP contribution in [0.15, 0.2) is 31.0 Å². The summed E-state index contributed by atoms with van der Waals surface area (Å²) in [5.41, 5.74) is 0.396. The highest BCUT2D eigenvalue weighted by Crippen LogP contribution is 2.23. The second-order valence-electron chi connectivity index (χ2n) is 5.64. The van der Waals surface area contributed by atoms with Gasteiger partial charge in [0.2, 0.25) is 5.95 Å². The van der Waals surface area contributed by atoms with E-state index in [-0.39, 0.29) is 11.9 Å². The van der Waals surface area contributed by atoms with Crippen LogP contribution in [0.4, 0.5) is 0 Å². The number of nitrogens with one attached hydrogen (secondary N) is 1. The molecule has 6 heteroatoms. The molecule has 2 aromatic heterocycles. The van der Waals surface area contributed by atoms with Crippen LogP contribution in [0.3, 0.4) is 0 Å². The Balaban J connectivity index is 1.69. The van der Waals surface area contributed by atoms with Gasteiger partial charge in [0, 0.05) is 24.6 Å². The van der Waals surface area contributed by atoms with E-state index in [0.29, 0.717) is 11.6 Å². The van der Waals surface area contributed by atoms with E-state index < -0.39 is 0 Å². The maximum absolute atomic E-state index is 12.3. The van der Waals surface area contributed by atoms with Gasteiger partial charge in [0.25, 0.3) is 5.91 Å². The van der Waals surface area contributed by atoms with Gasteiger partial charge in [-0.05, 0) is 37.7 Å². The van der Waals surface area contributed by atoms with Crippen LogP contribution < -0.4 is 5.32 Å².